The quantitative estimate of drug-likeness (QED) is 0.772. The molecule has 0 saturated carbocycles. The van der Waals surface area contributed by atoms with Gasteiger partial charge < -0.3 is 9.84 Å². The van der Waals surface area contributed by atoms with Crippen molar-refractivity contribution in [3.05, 3.63) is 34.9 Å². The van der Waals surface area contributed by atoms with Crippen molar-refractivity contribution < 1.29 is 9.84 Å². The molecule has 0 aromatic heterocycles. The average molecular weight is 218 g/mol. The van der Waals surface area contributed by atoms with E-state index in [-0.39, 0.29) is 5.92 Å². The van der Waals surface area contributed by atoms with Crippen LogP contribution < -0.4 is 4.74 Å². The fourth-order valence-electron chi connectivity index (χ4n) is 2.40. The zero-order valence-corrected chi connectivity index (χ0v) is 10.1. The van der Waals surface area contributed by atoms with Crippen LogP contribution in [0.1, 0.15) is 36.5 Å². The first-order valence-electron chi connectivity index (χ1n) is 5.77. The number of aryl methyl sites for hydroxylation is 1. The van der Waals surface area contributed by atoms with Crippen molar-refractivity contribution >= 4 is 0 Å². The van der Waals surface area contributed by atoms with E-state index < -0.39 is 0 Å². The third-order valence-corrected chi connectivity index (χ3v) is 3.29. The lowest BCUT2D eigenvalue weighted by molar-refractivity contribution is 0.403. The van der Waals surface area contributed by atoms with Crippen molar-refractivity contribution in [1.82, 2.24) is 0 Å². The molecule has 0 spiro atoms. The zero-order valence-electron chi connectivity index (χ0n) is 10.1. The third-order valence-electron chi connectivity index (χ3n) is 3.29. The second-order valence-corrected chi connectivity index (χ2v) is 4.25. The highest BCUT2D eigenvalue weighted by Crippen LogP contribution is 2.41. The van der Waals surface area contributed by atoms with Gasteiger partial charge in [0, 0.05) is 17.0 Å². The van der Waals surface area contributed by atoms with E-state index in [9.17, 15) is 5.11 Å². The molecule has 1 aliphatic rings. The van der Waals surface area contributed by atoms with Crippen molar-refractivity contribution in [2.45, 2.75) is 32.6 Å². The summed E-state index contributed by atoms with van der Waals surface area (Å²) < 4.78 is 5.41. The SMILES string of the molecule is CCc1cc(OC)c2c(c1O)C(C)C=CC2. The predicted octanol–water partition coefficient (Wildman–Crippen LogP) is 3.18. The van der Waals surface area contributed by atoms with E-state index >= 15 is 0 Å². The number of methoxy groups -OCH3 is 1. The standard InChI is InChI=1S/C14H18O2/c1-4-10-8-12(16-3)11-7-5-6-9(2)13(11)14(10)15/h5-6,8-9,15H,4,7H2,1-3H3. The van der Waals surface area contributed by atoms with Gasteiger partial charge in [0.1, 0.15) is 11.5 Å². The Kier molecular flexibility index (Phi) is 2.90. The summed E-state index contributed by atoms with van der Waals surface area (Å²) in [5, 5.41) is 10.2. The fraction of sp³-hybridized carbons (Fsp3) is 0.429. The van der Waals surface area contributed by atoms with E-state index in [1.807, 2.05) is 13.0 Å². The van der Waals surface area contributed by atoms with E-state index in [1.54, 1.807) is 7.11 Å². The monoisotopic (exact) mass is 218 g/mol. The van der Waals surface area contributed by atoms with E-state index in [1.165, 1.54) is 0 Å². The first-order chi connectivity index (χ1) is 7.69. The van der Waals surface area contributed by atoms with E-state index in [0.29, 0.717) is 5.75 Å². The maximum absolute atomic E-state index is 10.2. The molecule has 1 unspecified atom stereocenters. The minimum absolute atomic E-state index is 0.268. The van der Waals surface area contributed by atoms with Gasteiger partial charge in [-0.25, -0.2) is 0 Å². The minimum Gasteiger partial charge on any atom is -0.507 e. The van der Waals surface area contributed by atoms with Gasteiger partial charge in [0.2, 0.25) is 0 Å². The molecule has 0 saturated heterocycles. The van der Waals surface area contributed by atoms with Gasteiger partial charge in [0.25, 0.3) is 0 Å². The summed E-state index contributed by atoms with van der Waals surface area (Å²) in [6.45, 7) is 4.15. The second kappa shape index (κ2) is 4.20. The molecule has 0 heterocycles. The molecule has 0 fully saturated rings. The van der Waals surface area contributed by atoms with Crippen molar-refractivity contribution in [3.63, 3.8) is 0 Å². The fourth-order valence-corrected chi connectivity index (χ4v) is 2.40. The van der Waals surface area contributed by atoms with Gasteiger partial charge in [-0.3, -0.25) is 0 Å². The third kappa shape index (κ3) is 1.58. The number of aromatic hydroxyl groups is 1. The Morgan fingerprint density at radius 2 is 2.25 bits per heavy atom. The molecule has 1 atom stereocenters. The van der Waals surface area contributed by atoms with Crippen molar-refractivity contribution in [3.8, 4) is 11.5 Å². The molecule has 1 N–H and O–H groups in total. The normalized spacial score (nSPS) is 18.3. The average Bonchev–Trinajstić information content (AvgIpc) is 2.30. The maximum atomic E-state index is 10.2. The van der Waals surface area contributed by atoms with Crippen LogP contribution in [0.3, 0.4) is 0 Å². The Bertz CT molecular complexity index is 433. The highest BCUT2D eigenvalue weighted by Gasteiger charge is 2.22. The Hall–Kier alpha value is -1.44. The molecule has 1 aromatic carbocycles. The summed E-state index contributed by atoms with van der Waals surface area (Å²) in [6, 6.07) is 1.96. The first-order valence-corrected chi connectivity index (χ1v) is 5.77. The second-order valence-electron chi connectivity index (χ2n) is 4.25. The van der Waals surface area contributed by atoms with Crippen LogP contribution in [0.4, 0.5) is 0 Å². The van der Waals surface area contributed by atoms with Crippen LogP contribution >= 0.6 is 0 Å². The van der Waals surface area contributed by atoms with Gasteiger partial charge in [0.05, 0.1) is 7.11 Å². The van der Waals surface area contributed by atoms with Crippen LogP contribution in [0, 0.1) is 0 Å². The number of fused-ring (bicyclic) bond motifs is 1. The van der Waals surface area contributed by atoms with Crippen LogP contribution in [0.5, 0.6) is 11.5 Å². The maximum Gasteiger partial charge on any atom is 0.123 e. The minimum atomic E-state index is 0.268. The molecule has 2 heteroatoms. The van der Waals surface area contributed by atoms with E-state index in [4.69, 9.17) is 4.74 Å². The molecular weight excluding hydrogens is 200 g/mol. The zero-order chi connectivity index (χ0) is 11.7. The molecule has 0 amide bonds. The lowest BCUT2D eigenvalue weighted by Crippen LogP contribution is -2.06. The summed E-state index contributed by atoms with van der Waals surface area (Å²) in [4.78, 5) is 0. The highest BCUT2D eigenvalue weighted by atomic mass is 16.5. The van der Waals surface area contributed by atoms with Gasteiger partial charge in [0.15, 0.2) is 0 Å². The van der Waals surface area contributed by atoms with Gasteiger partial charge >= 0.3 is 0 Å². The molecular formula is C14H18O2. The number of ether oxygens (including phenoxy) is 1. The molecule has 0 radical (unpaired) electrons. The predicted molar refractivity (Wildman–Crippen MR) is 65.3 cm³/mol. The number of hydrogen-bond acceptors (Lipinski definition) is 2. The largest absolute Gasteiger partial charge is 0.507 e. The summed E-state index contributed by atoms with van der Waals surface area (Å²) in [5.74, 6) is 1.63. The van der Waals surface area contributed by atoms with Gasteiger partial charge in [-0.05, 0) is 24.5 Å². The highest BCUT2D eigenvalue weighted by molar-refractivity contribution is 5.57. The van der Waals surface area contributed by atoms with Crippen LogP contribution in [-0.4, -0.2) is 12.2 Å². The summed E-state index contributed by atoms with van der Waals surface area (Å²) in [7, 11) is 1.69. The number of allylic oxidation sites excluding steroid dienone is 2. The Balaban J connectivity index is 2.67. The van der Waals surface area contributed by atoms with Gasteiger partial charge in [-0.1, -0.05) is 26.0 Å². The van der Waals surface area contributed by atoms with Crippen LogP contribution in [0.2, 0.25) is 0 Å². The van der Waals surface area contributed by atoms with Crippen molar-refractivity contribution in [2.75, 3.05) is 7.11 Å². The van der Waals surface area contributed by atoms with E-state index in [2.05, 4.69) is 19.1 Å². The van der Waals surface area contributed by atoms with Crippen molar-refractivity contribution in [1.29, 1.82) is 0 Å². The molecule has 2 rings (SSSR count). The van der Waals surface area contributed by atoms with Crippen LogP contribution in [0.25, 0.3) is 0 Å². The molecule has 1 aromatic rings. The lowest BCUT2D eigenvalue weighted by Gasteiger charge is -2.23. The molecule has 2 nitrogen and oxygen atoms in total. The Morgan fingerprint density at radius 3 is 2.88 bits per heavy atom. The van der Waals surface area contributed by atoms with Crippen LogP contribution in [0.15, 0.2) is 18.2 Å². The van der Waals surface area contributed by atoms with Crippen molar-refractivity contribution in [2.24, 2.45) is 0 Å². The topological polar surface area (TPSA) is 29.5 Å². The van der Waals surface area contributed by atoms with E-state index in [0.717, 1.165) is 35.3 Å². The number of phenolic OH excluding ortho intramolecular Hbond substituents is 1. The number of phenols is 1. The summed E-state index contributed by atoms with van der Waals surface area (Å²) >= 11 is 0. The van der Waals surface area contributed by atoms with Gasteiger partial charge in [-0.2, -0.15) is 0 Å². The Labute approximate surface area is 96.6 Å². The molecule has 16 heavy (non-hydrogen) atoms. The molecule has 1 aliphatic carbocycles. The molecule has 86 valence electrons. The number of benzene rings is 1. The Morgan fingerprint density at radius 1 is 1.50 bits per heavy atom. The lowest BCUT2D eigenvalue weighted by atomic mass is 9.85. The smallest absolute Gasteiger partial charge is 0.123 e. The first kappa shape index (κ1) is 11.1. The molecule has 0 aliphatic heterocycles. The van der Waals surface area contributed by atoms with Gasteiger partial charge in [-0.15, -0.1) is 0 Å². The van der Waals surface area contributed by atoms with Crippen LogP contribution in [-0.2, 0) is 12.8 Å². The molecule has 0 bridgehead atoms. The number of rotatable bonds is 2. The summed E-state index contributed by atoms with van der Waals surface area (Å²) in [6.07, 6.45) is 5.95. The number of hydrogen-bond donors (Lipinski definition) is 1. The summed E-state index contributed by atoms with van der Waals surface area (Å²) in [5.41, 5.74) is 3.14.